The molecular formula is C29H27FN2O3S. The number of nitrogens with zero attached hydrogens (tertiary/aromatic N) is 1. The number of hydrogen-bond donors (Lipinski definition) is 1. The Balaban J connectivity index is 1.47. The van der Waals surface area contributed by atoms with Gasteiger partial charge in [-0.2, -0.15) is 0 Å². The summed E-state index contributed by atoms with van der Waals surface area (Å²) in [5.41, 5.74) is 3.26. The summed E-state index contributed by atoms with van der Waals surface area (Å²) in [6.07, 6.45) is 7.70. The van der Waals surface area contributed by atoms with Gasteiger partial charge in [0.1, 0.15) is 5.82 Å². The molecule has 1 N–H and O–H groups in total. The van der Waals surface area contributed by atoms with Gasteiger partial charge in [0.2, 0.25) is 0 Å². The highest BCUT2D eigenvalue weighted by molar-refractivity contribution is 7.85. The van der Waals surface area contributed by atoms with Gasteiger partial charge in [-0.15, -0.1) is 0 Å². The number of anilines is 1. The van der Waals surface area contributed by atoms with Gasteiger partial charge in [-0.25, -0.2) is 8.60 Å². The molecule has 1 atom stereocenters. The van der Waals surface area contributed by atoms with E-state index in [-0.39, 0.29) is 24.2 Å². The summed E-state index contributed by atoms with van der Waals surface area (Å²) in [5.74, 6) is -0.921. The molecule has 36 heavy (non-hydrogen) atoms. The van der Waals surface area contributed by atoms with Crippen molar-refractivity contribution in [2.75, 3.05) is 11.4 Å². The van der Waals surface area contributed by atoms with Crippen LogP contribution in [0.15, 0.2) is 88.2 Å². The van der Waals surface area contributed by atoms with Crippen LogP contribution in [0.3, 0.4) is 0 Å². The number of halogens is 1. The van der Waals surface area contributed by atoms with E-state index in [4.69, 9.17) is 0 Å². The van der Waals surface area contributed by atoms with Crippen molar-refractivity contribution in [1.29, 1.82) is 0 Å². The van der Waals surface area contributed by atoms with Crippen LogP contribution >= 0.6 is 0 Å². The maximum absolute atomic E-state index is 13.7. The molecule has 2 aliphatic rings. The fourth-order valence-electron chi connectivity index (χ4n) is 4.70. The van der Waals surface area contributed by atoms with E-state index >= 15 is 0 Å². The summed E-state index contributed by atoms with van der Waals surface area (Å²) in [6, 6.07) is 17.7. The molecule has 0 saturated carbocycles. The second kappa shape index (κ2) is 10.6. The predicted octanol–water partition coefficient (Wildman–Crippen LogP) is 5.77. The highest BCUT2D eigenvalue weighted by Gasteiger charge is 2.31. The number of nitrogens with one attached hydrogen (secondary N) is 1. The van der Waals surface area contributed by atoms with Crippen LogP contribution in [0.4, 0.5) is 10.1 Å². The quantitative estimate of drug-likeness (QED) is 0.435. The van der Waals surface area contributed by atoms with Gasteiger partial charge in [0, 0.05) is 12.1 Å². The smallest absolute Gasteiger partial charge is 0.259 e. The molecule has 1 aliphatic heterocycles. The Morgan fingerprint density at radius 2 is 1.81 bits per heavy atom. The summed E-state index contributed by atoms with van der Waals surface area (Å²) in [4.78, 5) is 29.1. The van der Waals surface area contributed by atoms with Crippen molar-refractivity contribution in [3.63, 3.8) is 0 Å². The zero-order valence-corrected chi connectivity index (χ0v) is 20.7. The molecule has 0 unspecified atom stereocenters. The molecule has 0 radical (unpaired) electrons. The molecule has 0 spiro atoms. The van der Waals surface area contributed by atoms with E-state index in [0.717, 1.165) is 24.8 Å². The third kappa shape index (κ3) is 5.02. The molecule has 0 saturated heterocycles. The number of carbonyl (C=O) groups is 2. The number of fused-ring (bicyclic) bond motifs is 2. The topological polar surface area (TPSA) is 66.5 Å². The summed E-state index contributed by atoms with van der Waals surface area (Å²) in [6.45, 7) is 0.689. The predicted molar refractivity (Wildman–Crippen MR) is 138 cm³/mol. The molecule has 0 aromatic heterocycles. The highest BCUT2D eigenvalue weighted by Crippen LogP contribution is 2.36. The zero-order chi connectivity index (χ0) is 25.1. The van der Waals surface area contributed by atoms with Crippen LogP contribution in [0.25, 0.3) is 0 Å². The maximum Gasteiger partial charge on any atom is 0.259 e. The number of hydrogen-bond acceptors (Lipinski definition) is 3. The normalized spacial score (nSPS) is 17.0. The van der Waals surface area contributed by atoms with Gasteiger partial charge in [0.25, 0.3) is 11.8 Å². The van der Waals surface area contributed by atoms with E-state index < -0.39 is 10.8 Å². The molecule has 5 rings (SSSR count). The van der Waals surface area contributed by atoms with E-state index in [1.54, 1.807) is 54.6 Å². The highest BCUT2D eigenvalue weighted by atomic mass is 32.2. The first-order valence-electron chi connectivity index (χ1n) is 12.2. The van der Waals surface area contributed by atoms with E-state index in [1.165, 1.54) is 35.4 Å². The molecule has 7 heteroatoms. The Kier molecular flexibility index (Phi) is 7.09. The Bertz CT molecular complexity index is 1370. The van der Waals surface area contributed by atoms with E-state index in [9.17, 15) is 18.2 Å². The van der Waals surface area contributed by atoms with Crippen molar-refractivity contribution in [3.8, 4) is 0 Å². The average Bonchev–Trinajstić information content (AvgIpc) is 2.99. The Morgan fingerprint density at radius 3 is 2.58 bits per heavy atom. The number of amides is 2. The molecule has 3 aromatic rings. The van der Waals surface area contributed by atoms with Crippen LogP contribution in [-0.2, 0) is 17.3 Å². The minimum Gasteiger partial charge on any atom is -0.352 e. The molecule has 5 nitrogen and oxygen atoms in total. The van der Waals surface area contributed by atoms with Gasteiger partial charge in [-0.1, -0.05) is 35.9 Å². The molecule has 1 aliphatic carbocycles. The summed E-state index contributed by atoms with van der Waals surface area (Å²) < 4.78 is 27.0. The van der Waals surface area contributed by atoms with Crippen molar-refractivity contribution >= 4 is 28.3 Å². The Hall–Kier alpha value is -3.58. The first-order chi connectivity index (χ1) is 17.5. The van der Waals surface area contributed by atoms with E-state index in [1.807, 2.05) is 0 Å². The van der Waals surface area contributed by atoms with Crippen molar-refractivity contribution in [3.05, 3.63) is 101 Å². The number of rotatable bonds is 6. The molecule has 1 heterocycles. The average molecular weight is 503 g/mol. The third-order valence-electron chi connectivity index (χ3n) is 6.64. The summed E-state index contributed by atoms with van der Waals surface area (Å²) in [7, 11) is -1.60. The molecule has 0 bridgehead atoms. The largest absolute Gasteiger partial charge is 0.352 e. The van der Waals surface area contributed by atoms with Crippen LogP contribution in [0.5, 0.6) is 0 Å². The van der Waals surface area contributed by atoms with Gasteiger partial charge < -0.3 is 10.2 Å². The molecular weight excluding hydrogens is 475 g/mol. The van der Waals surface area contributed by atoms with Gasteiger partial charge in [0.05, 0.1) is 38.4 Å². The van der Waals surface area contributed by atoms with Gasteiger partial charge >= 0.3 is 0 Å². The van der Waals surface area contributed by atoms with E-state index in [2.05, 4.69) is 11.4 Å². The third-order valence-corrected chi connectivity index (χ3v) is 8.14. The van der Waals surface area contributed by atoms with Crippen LogP contribution < -0.4 is 10.2 Å². The lowest BCUT2D eigenvalue weighted by molar-refractivity contribution is 0.0950. The number of benzene rings is 3. The van der Waals surface area contributed by atoms with Crippen molar-refractivity contribution < 1.29 is 18.2 Å². The lowest BCUT2D eigenvalue weighted by atomic mass is 9.97. The lowest BCUT2D eigenvalue weighted by Gasteiger charge is -2.23. The standard InChI is InChI=1S/C29H27FN2O3S/c30-23-13-10-21(11-14-23)19-32-25-18-22(28(33)31-17-16-20-6-2-1-3-7-20)12-15-27(25)36(35)26-9-5-4-8-24(26)29(32)34/h4-6,8-15,18H,1-3,7,16-17,19H2,(H,31,33)/t36-/m1/s1. The maximum atomic E-state index is 13.7. The van der Waals surface area contributed by atoms with Gasteiger partial charge in [0.15, 0.2) is 0 Å². The van der Waals surface area contributed by atoms with Crippen molar-refractivity contribution in [2.45, 2.75) is 48.4 Å². The summed E-state index contributed by atoms with van der Waals surface area (Å²) >= 11 is 0. The van der Waals surface area contributed by atoms with Crippen molar-refractivity contribution in [2.24, 2.45) is 0 Å². The molecule has 0 fully saturated rings. The lowest BCUT2D eigenvalue weighted by Crippen LogP contribution is -2.31. The number of carbonyl (C=O) groups excluding carboxylic acids is 2. The van der Waals surface area contributed by atoms with Crippen LogP contribution in [-0.4, -0.2) is 22.6 Å². The second-order valence-corrected chi connectivity index (χ2v) is 10.5. The fourth-order valence-corrected chi connectivity index (χ4v) is 6.05. The monoisotopic (exact) mass is 502 g/mol. The van der Waals surface area contributed by atoms with Crippen LogP contribution in [0.1, 0.15) is 58.4 Å². The second-order valence-electron chi connectivity index (χ2n) is 9.08. The first-order valence-corrected chi connectivity index (χ1v) is 13.3. The zero-order valence-electron chi connectivity index (χ0n) is 19.8. The molecule has 3 aromatic carbocycles. The Morgan fingerprint density at radius 1 is 1.00 bits per heavy atom. The molecule has 184 valence electrons. The summed E-state index contributed by atoms with van der Waals surface area (Å²) in [5, 5.41) is 2.98. The molecule has 2 amide bonds. The van der Waals surface area contributed by atoms with Crippen molar-refractivity contribution in [1.82, 2.24) is 5.32 Å². The first kappa shape index (κ1) is 24.1. The fraction of sp³-hybridized carbons (Fsp3) is 0.241. The van der Waals surface area contributed by atoms with Crippen LogP contribution in [0.2, 0.25) is 0 Å². The van der Waals surface area contributed by atoms with E-state index in [0.29, 0.717) is 33.2 Å². The van der Waals surface area contributed by atoms with Gasteiger partial charge in [-0.05, 0) is 80.1 Å². The minimum atomic E-state index is -1.60. The SMILES string of the molecule is O=C(NCCC1=CCCCC1)c1ccc2c(c1)N(Cc1ccc(F)cc1)C(=O)c1ccccc1[S@]2=O. The number of allylic oxidation sites excluding steroid dienone is 1. The Labute approximate surface area is 212 Å². The minimum absolute atomic E-state index is 0.150. The van der Waals surface area contributed by atoms with Gasteiger partial charge in [-0.3, -0.25) is 9.59 Å². The van der Waals surface area contributed by atoms with Crippen LogP contribution in [0, 0.1) is 5.82 Å².